The van der Waals surface area contributed by atoms with E-state index in [1.165, 1.54) is 10.6 Å². The van der Waals surface area contributed by atoms with E-state index in [-0.39, 0.29) is 7.92 Å². The van der Waals surface area contributed by atoms with E-state index in [4.69, 9.17) is 0 Å². The predicted octanol–water partition coefficient (Wildman–Crippen LogP) is 2.25. The lowest BCUT2D eigenvalue weighted by Gasteiger charge is -2.18. The maximum atomic E-state index is 3.28. The van der Waals surface area contributed by atoms with E-state index >= 15 is 0 Å². The number of aromatic nitrogens is 2. The summed E-state index contributed by atoms with van der Waals surface area (Å²) in [5.41, 5.74) is 0. The van der Waals surface area contributed by atoms with Crippen molar-refractivity contribution < 1.29 is 4.57 Å². The highest BCUT2D eigenvalue weighted by atomic mass is 31.1. The molecule has 0 aliphatic heterocycles. The van der Waals surface area contributed by atoms with Crippen LogP contribution in [0, 0.1) is 6.33 Å². The molecule has 2 nitrogen and oxygen atoms in total. The molecule has 106 valence electrons. The Kier molecular flexibility index (Phi) is 4.47. The molecule has 0 unspecified atom stereocenters. The second-order valence-corrected chi connectivity index (χ2v) is 7.36. The zero-order valence-corrected chi connectivity index (χ0v) is 13.1. The minimum atomic E-state index is -0.315. The molecule has 0 fully saturated rings. The van der Waals surface area contributed by atoms with Crippen LogP contribution in [0.25, 0.3) is 0 Å². The summed E-state index contributed by atoms with van der Waals surface area (Å²) >= 11 is 0. The van der Waals surface area contributed by atoms with Crippen molar-refractivity contribution >= 4 is 18.5 Å². The molecule has 0 saturated heterocycles. The van der Waals surface area contributed by atoms with Gasteiger partial charge < -0.3 is 9.13 Å². The van der Waals surface area contributed by atoms with Gasteiger partial charge in [0.05, 0.1) is 13.6 Å². The first-order valence-electron chi connectivity index (χ1n) is 7.15. The van der Waals surface area contributed by atoms with Crippen LogP contribution in [-0.4, -0.2) is 10.7 Å². The Morgan fingerprint density at radius 1 is 0.952 bits per heavy atom. The first kappa shape index (κ1) is 14.0. The van der Waals surface area contributed by atoms with E-state index in [0.717, 1.165) is 12.7 Å². The maximum Gasteiger partial charge on any atom is 0.203 e. The molecule has 0 N–H and O–H groups in total. The van der Waals surface area contributed by atoms with Gasteiger partial charge in [-0.25, -0.2) is 0 Å². The van der Waals surface area contributed by atoms with Crippen LogP contribution in [0.2, 0.25) is 0 Å². The summed E-state index contributed by atoms with van der Waals surface area (Å²) < 4.78 is 4.11. The number of hydrogen-bond donors (Lipinski definition) is 0. The Labute approximate surface area is 127 Å². The third kappa shape index (κ3) is 3.59. The van der Waals surface area contributed by atoms with Crippen molar-refractivity contribution in [1.29, 1.82) is 0 Å². The van der Waals surface area contributed by atoms with Crippen LogP contribution in [0.1, 0.15) is 0 Å². The largest absolute Gasteiger partial charge is 0.354 e. The van der Waals surface area contributed by atoms with Gasteiger partial charge in [0.25, 0.3) is 0 Å². The van der Waals surface area contributed by atoms with Crippen LogP contribution in [0.5, 0.6) is 0 Å². The Balaban J connectivity index is 1.83. The molecule has 0 aliphatic carbocycles. The predicted molar refractivity (Wildman–Crippen MR) is 88.4 cm³/mol. The number of benzene rings is 2. The van der Waals surface area contributed by atoms with E-state index in [2.05, 4.69) is 77.8 Å². The minimum Gasteiger partial charge on any atom is -0.354 e. The first-order chi connectivity index (χ1) is 10.3. The molecule has 0 saturated carbocycles. The molecule has 3 rings (SSSR count). The van der Waals surface area contributed by atoms with Crippen LogP contribution < -0.4 is 15.2 Å². The fourth-order valence-corrected chi connectivity index (χ4v) is 4.70. The van der Waals surface area contributed by atoms with Crippen molar-refractivity contribution in [3.8, 4) is 0 Å². The van der Waals surface area contributed by atoms with E-state index in [1.54, 1.807) is 0 Å². The van der Waals surface area contributed by atoms with E-state index in [1.807, 2.05) is 17.8 Å². The molecule has 3 heteroatoms. The van der Waals surface area contributed by atoms with Crippen molar-refractivity contribution in [3.05, 3.63) is 79.4 Å². The Hall–Kier alpha value is -1.92. The van der Waals surface area contributed by atoms with Gasteiger partial charge in [-0.15, -0.1) is 0 Å². The molecule has 21 heavy (non-hydrogen) atoms. The van der Waals surface area contributed by atoms with Crippen LogP contribution >= 0.6 is 7.92 Å². The normalized spacial score (nSPS) is 11.0. The molecular weight excluding hydrogens is 275 g/mol. The van der Waals surface area contributed by atoms with Gasteiger partial charge in [0, 0.05) is 6.16 Å². The Bertz CT molecular complexity index is 637. The van der Waals surface area contributed by atoms with Gasteiger partial charge in [-0.3, -0.25) is 0 Å². The summed E-state index contributed by atoms with van der Waals surface area (Å²) in [6.45, 7) is 0.996. The average Bonchev–Trinajstić information content (AvgIpc) is 2.95. The van der Waals surface area contributed by atoms with Crippen molar-refractivity contribution in [1.82, 2.24) is 4.57 Å². The molecule has 0 atom stereocenters. The van der Waals surface area contributed by atoms with E-state index in [0.29, 0.717) is 0 Å². The minimum absolute atomic E-state index is 0.315. The highest BCUT2D eigenvalue weighted by Gasteiger charge is 2.13. The maximum absolute atomic E-state index is 3.28. The lowest BCUT2D eigenvalue weighted by Crippen LogP contribution is -2.25. The molecule has 0 amide bonds. The van der Waals surface area contributed by atoms with Gasteiger partial charge in [-0.1, -0.05) is 60.7 Å². The van der Waals surface area contributed by atoms with Gasteiger partial charge in [-0.2, -0.15) is 0 Å². The monoisotopic (exact) mass is 294 g/mol. The molecule has 0 aliphatic rings. The zero-order chi connectivity index (χ0) is 14.5. The molecule has 3 aromatic rings. The second kappa shape index (κ2) is 6.69. The lowest BCUT2D eigenvalue weighted by molar-refractivity contribution is -0.675. The third-order valence-electron chi connectivity index (χ3n) is 3.46. The molecule has 1 aromatic heterocycles. The van der Waals surface area contributed by atoms with Crippen LogP contribution in [0.4, 0.5) is 0 Å². The summed E-state index contributed by atoms with van der Waals surface area (Å²) in [6.07, 6.45) is 8.53. The van der Waals surface area contributed by atoms with Crippen molar-refractivity contribution in [3.63, 3.8) is 0 Å². The summed E-state index contributed by atoms with van der Waals surface area (Å²) in [5, 5.41) is 2.88. The fraction of sp³-hybridized carbons (Fsp3) is 0.167. The van der Waals surface area contributed by atoms with E-state index in [9.17, 15) is 0 Å². The van der Waals surface area contributed by atoms with Crippen molar-refractivity contribution in [2.24, 2.45) is 7.05 Å². The molecule has 0 radical (unpaired) electrons. The Morgan fingerprint density at radius 3 is 2.00 bits per heavy atom. The van der Waals surface area contributed by atoms with Crippen molar-refractivity contribution in [2.45, 2.75) is 6.54 Å². The zero-order valence-electron chi connectivity index (χ0n) is 12.2. The van der Waals surface area contributed by atoms with Crippen LogP contribution in [-0.2, 0) is 13.6 Å². The topological polar surface area (TPSA) is 8.81 Å². The molecule has 0 bridgehead atoms. The number of imidazole rings is 1. The van der Waals surface area contributed by atoms with Crippen LogP contribution in [0.3, 0.4) is 0 Å². The number of nitrogens with zero attached hydrogens (tertiary/aromatic N) is 2. The number of hydrogen-bond acceptors (Lipinski definition) is 0. The standard InChI is InChI=1S/C18H19N2P/c1-19-12-13-20(16-19)14-15-21(17-8-4-2-5-9-17)18-10-6-3-7-11-18/h2-13H,14-15H2,1H3. The molecule has 1 heterocycles. The number of rotatable bonds is 5. The lowest BCUT2D eigenvalue weighted by atomic mass is 10.4. The first-order valence-corrected chi connectivity index (χ1v) is 8.67. The summed E-state index contributed by atoms with van der Waals surface area (Å²) in [4.78, 5) is 0. The molecular formula is C18H19N2P. The van der Waals surface area contributed by atoms with Crippen LogP contribution in [0.15, 0.2) is 73.1 Å². The van der Waals surface area contributed by atoms with Gasteiger partial charge in [0.1, 0.15) is 0 Å². The van der Waals surface area contributed by atoms with Gasteiger partial charge in [-0.05, 0) is 30.9 Å². The summed E-state index contributed by atoms with van der Waals surface area (Å²) in [6, 6.07) is 21.7. The molecule has 0 spiro atoms. The van der Waals surface area contributed by atoms with E-state index < -0.39 is 0 Å². The van der Waals surface area contributed by atoms with Gasteiger partial charge in [0.2, 0.25) is 6.33 Å². The number of aryl methyl sites for hydroxylation is 2. The average molecular weight is 294 g/mol. The quantitative estimate of drug-likeness (QED) is 0.388. The smallest absolute Gasteiger partial charge is 0.203 e. The third-order valence-corrected chi connectivity index (χ3v) is 5.95. The highest BCUT2D eigenvalue weighted by Crippen LogP contribution is 2.33. The van der Waals surface area contributed by atoms with Gasteiger partial charge >= 0.3 is 0 Å². The summed E-state index contributed by atoms with van der Waals surface area (Å²) in [7, 11) is 1.69. The summed E-state index contributed by atoms with van der Waals surface area (Å²) in [5.74, 6) is 0. The fourth-order valence-electron chi connectivity index (χ4n) is 2.41. The molecule has 2 aromatic carbocycles. The van der Waals surface area contributed by atoms with Crippen molar-refractivity contribution in [2.75, 3.05) is 6.16 Å². The second-order valence-electron chi connectivity index (χ2n) is 5.03. The van der Waals surface area contributed by atoms with Gasteiger partial charge in [0.15, 0.2) is 0 Å². The SMILES string of the molecule is C[n+]1[c-]n(CCP(c2ccccc2)c2ccccc2)cc1. The highest BCUT2D eigenvalue weighted by molar-refractivity contribution is 7.73. The Morgan fingerprint density at radius 2 is 1.52 bits per heavy atom.